The molecule has 108 valence electrons. The topological polar surface area (TPSA) is 46.2 Å². The lowest BCUT2D eigenvalue weighted by Gasteiger charge is -2.58. The van der Waals surface area contributed by atoms with Gasteiger partial charge in [-0.05, 0) is 74.5 Å². The second kappa shape index (κ2) is 4.46. The molecule has 0 aliphatic heterocycles. The van der Waals surface area contributed by atoms with E-state index < -0.39 is 0 Å². The van der Waals surface area contributed by atoms with Gasteiger partial charge in [-0.2, -0.15) is 0 Å². The van der Waals surface area contributed by atoms with Crippen molar-refractivity contribution in [2.24, 2.45) is 35.3 Å². The Labute approximate surface area is 117 Å². The maximum absolute atomic E-state index is 11.0. The van der Waals surface area contributed by atoms with E-state index in [1.165, 1.54) is 51.4 Å². The van der Waals surface area contributed by atoms with Gasteiger partial charge in [0.05, 0.1) is 6.10 Å². The predicted octanol–water partition coefficient (Wildman–Crippen LogP) is 3.08. The van der Waals surface area contributed by atoms with Crippen LogP contribution in [0.25, 0.3) is 0 Å². The van der Waals surface area contributed by atoms with Gasteiger partial charge in [-0.25, -0.2) is 0 Å². The molecule has 0 spiro atoms. The molecule has 4 bridgehead atoms. The van der Waals surface area contributed by atoms with Gasteiger partial charge < -0.3 is 10.8 Å². The van der Waals surface area contributed by atoms with Crippen molar-refractivity contribution < 1.29 is 5.11 Å². The molecule has 2 nitrogen and oxygen atoms in total. The van der Waals surface area contributed by atoms with Crippen LogP contribution in [-0.4, -0.2) is 16.7 Å². The third-order valence-corrected chi connectivity index (χ3v) is 7.04. The molecule has 19 heavy (non-hydrogen) atoms. The summed E-state index contributed by atoms with van der Waals surface area (Å²) in [7, 11) is 0. The zero-order valence-corrected chi connectivity index (χ0v) is 12.1. The van der Waals surface area contributed by atoms with E-state index >= 15 is 0 Å². The van der Waals surface area contributed by atoms with Crippen LogP contribution in [-0.2, 0) is 0 Å². The minimum Gasteiger partial charge on any atom is -0.391 e. The zero-order valence-electron chi connectivity index (χ0n) is 12.1. The van der Waals surface area contributed by atoms with E-state index in [0.29, 0.717) is 5.92 Å². The molecular weight excluding hydrogens is 234 g/mol. The standard InChI is InChI=1S/C17H29NO/c18-17(4-2-1-3-5-17)16(19)15-13-7-11-6-12(9-13)10-14(15)8-11/h11-16,19H,1-10,18H2. The number of hydrogen-bond acceptors (Lipinski definition) is 2. The molecule has 2 heteroatoms. The molecule has 5 aliphatic carbocycles. The molecule has 0 radical (unpaired) electrons. The quantitative estimate of drug-likeness (QED) is 0.804. The first-order chi connectivity index (χ1) is 9.16. The smallest absolute Gasteiger partial charge is 0.0752 e. The molecular formula is C17H29NO. The van der Waals surface area contributed by atoms with E-state index in [0.717, 1.165) is 36.5 Å². The summed E-state index contributed by atoms with van der Waals surface area (Å²) >= 11 is 0. The minimum atomic E-state index is -0.252. The van der Waals surface area contributed by atoms with Gasteiger partial charge >= 0.3 is 0 Å². The highest BCUT2D eigenvalue weighted by Gasteiger charge is 2.53. The normalized spacial score (nSPS) is 49.3. The molecule has 1 unspecified atom stereocenters. The van der Waals surface area contributed by atoms with Gasteiger partial charge in [-0.1, -0.05) is 19.3 Å². The number of rotatable bonds is 2. The minimum absolute atomic E-state index is 0.220. The average Bonchev–Trinajstić information content (AvgIpc) is 2.38. The molecule has 0 heterocycles. The number of aliphatic hydroxyl groups is 1. The van der Waals surface area contributed by atoms with Crippen LogP contribution in [0.3, 0.4) is 0 Å². The third kappa shape index (κ3) is 1.98. The number of hydrogen-bond donors (Lipinski definition) is 2. The summed E-state index contributed by atoms with van der Waals surface area (Å²) in [4.78, 5) is 0. The Hall–Kier alpha value is -0.0800. The van der Waals surface area contributed by atoms with E-state index in [2.05, 4.69) is 0 Å². The Morgan fingerprint density at radius 1 is 0.842 bits per heavy atom. The van der Waals surface area contributed by atoms with E-state index in [1.54, 1.807) is 0 Å². The fourth-order valence-electron chi connectivity index (χ4n) is 6.37. The summed E-state index contributed by atoms with van der Waals surface area (Å²) in [6, 6.07) is 0. The van der Waals surface area contributed by atoms with Crippen LogP contribution in [0, 0.1) is 29.6 Å². The van der Waals surface area contributed by atoms with Crippen molar-refractivity contribution in [1.29, 1.82) is 0 Å². The van der Waals surface area contributed by atoms with Gasteiger partial charge in [0.25, 0.3) is 0 Å². The van der Waals surface area contributed by atoms with Crippen molar-refractivity contribution in [3.8, 4) is 0 Å². The first-order valence-corrected chi connectivity index (χ1v) is 8.63. The van der Waals surface area contributed by atoms with Crippen LogP contribution < -0.4 is 5.73 Å². The van der Waals surface area contributed by atoms with E-state index in [1.807, 2.05) is 0 Å². The maximum atomic E-state index is 11.0. The Morgan fingerprint density at radius 3 is 1.89 bits per heavy atom. The van der Waals surface area contributed by atoms with Crippen molar-refractivity contribution in [3.63, 3.8) is 0 Å². The highest BCUT2D eigenvalue weighted by molar-refractivity contribution is 5.06. The Kier molecular flexibility index (Phi) is 2.97. The van der Waals surface area contributed by atoms with Crippen LogP contribution in [0.5, 0.6) is 0 Å². The van der Waals surface area contributed by atoms with E-state index in [-0.39, 0.29) is 11.6 Å². The lowest BCUT2D eigenvalue weighted by atomic mass is 9.49. The number of nitrogens with two attached hydrogens (primary N) is 1. The first kappa shape index (κ1) is 12.6. The second-order valence-corrected chi connectivity index (χ2v) is 8.25. The summed E-state index contributed by atoms with van der Waals surface area (Å²) in [5, 5.41) is 11.0. The Bertz CT molecular complexity index is 319. The van der Waals surface area contributed by atoms with Crippen LogP contribution in [0.1, 0.15) is 64.2 Å². The van der Waals surface area contributed by atoms with Crippen molar-refractivity contribution in [3.05, 3.63) is 0 Å². The molecule has 1 atom stereocenters. The second-order valence-electron chi connectivity index (χ2n) is 8.25. The molecule has 5 rings (SSSR count). The van der Waals surface area contributed by atoms with Crippen molar-refractivity contribution in [2.75, 3.05) is 0 Å². The van der Waals surface area contributed by atoms with E-state index in [4.69, 9.17) is 5.73 Å². The average molecular weight is 263 g/mol. The maximum Gasteiger partial charge on any atom is 0.0752 e. The van der Waals surface area contributed by atoms with Crippen LogP contribution in [0.2, 0.25) is 0 Å². The summed E-state index contributed by atoms with van der Waals surface area (Å²) in [6.45, 7) is 0. The van der Waals surface area contributed by atoms with Gasteiger partial charge in [-0.15, -0.1) is 0 Å². The summed E-state index contributed by atoms with van der Waals surface area (Å²) in [5.41, 5.74) is 6.38. The van der Waals surface area contributed by atoms with E-state index in [9.17, 15) is 5.11 Å². The summed E-state index contributed by atoms with van der Waals surface area (Å²) in [5.74, 6) is 4.12. The van der Waals surface area contributed by atoms with Gasteiger partial charge in [0.15, 0.2) is 0 Å². The predicted molar refractivity (Wildman–Crippen MR) is 76.5 cm³/mol. The summed E-state index contributed by atoms with van der Waals surface area (Å²) < 4.78 is 0. The summed E-state index contributed by atoms with van der Waals surface area (Å²) in [6.07, 6.45) is 12.7. The highest BCUT2D eigenvalue weighted by Crippen LogP contribution is 2.58. The van der Waals surface area contributed by atoms with Crippen LogP contribution in [0.15, 0.2) is 0 Å². The first-order valence-electron chi connectivity index (χ1n) is 8.63. The molecule has 0 aromatic carbocycles. The van der Waals surface area contributed by atoms with Gasteiger partial charge in [0.1, 0.15) is 0 Å². The monoisotopic (exact) mass is 263 g/mol. The van der Waals surface area contributed by atoms with Crippen molar-refractivity contribution in [2.45, 2.75) is 75.9 Å². The Balaban J connectivity index is 1.55. The molecule has 0 aromatic heterocycles. The lowest BCUT2D eigenvalue weighted by molar-refractivity contribution is -0.115. The largest absolute Gasteiger partial charge is 0.391 e. The fourth-order valence-corrected chi connectivity index (χ4v) is 6.37. The molecule has 5 saturated carbocycles. The molecule has 0 aromatic rings. The molecule has 3 N–H and O–H groups in total. The number of aliphatic hydroxyl groups excluding tert-OH is 1. The van der Waals surface area contributed by atoms with Gasteiger partial charge in [-0.3, -0.25) is 0 Å². The zero-order chi connectivity index (χ0) is 13.0. The molecule has 5 aliphatic rings. The Morgan fingerprint density at radius 2 is 1.37 bits per heavy atom. The SMILES string of the molecule is NC1(C(O)C2C3CC4CC(C3)CC2C4)CCCCC1. The third-order valence-electron chi connectivity index (χ3n) is 7.04. The lowest BCUT2D eigenvalue weighted by Crippen LogP contribution is -2.60. The van der Waals surface area contributed by atoms with Crippen LogP contribution >= 0.6 is 0 Å². The fraction of sp³-hybridized carbons (Fsp3) is 1.00. The van der Waals surface area contributed by atoms with Crippen molar-refractivity contribution >= 4 is 0 Å². The highest BCUT2D eigenvalue weighted by atomic mass is 16.3. The molecule has 0 amide bonds. The molecule has 5 fully saturated rings. The van der Waals surface area contributed by atoms with Crippen LogP contribution in [0.4, 0.5) is 0 Å². The van der Waals surface area contributed by atoms with Gasteiger partial charge in [0.2, 0.25) is 0 Å². The van der Waals surface area contributed by atoms with Crippen molar-refractivity contribution in [1.82, 2.24) is 0 Å². The van der Waals surface area contributed by atoms with Gasteiger partial charge in [0, 0.05) is 5.54 Å². The molecule has 0 saturated heterocycles.